The van der Waals surface area contributed by atoms with Gasteiger partial charge in [-0.05, 0) is 28.1 Å². The highest BCUT2D eigenvalue weighted by Gasteiger charge is 2.08. The van der Waals surface area contributed by atoms with E-state index in [0.717, 1.165) is 8.95 Å². The van der Waals surface area contributed by atoms with Gasteiger partial charge in [-0.15, -0.1) is 0 Å². The van der Waals surface area contributed by atoms with Crippen molar-refractivity contribution >= 4 is 44.0 Å². The van der Waals surface area contributed by atoms with Crippen LogP contribution >= 0.6 is 31.9 Å². The number of carbonyl (C=O) groups is 1. The Labute approximate surface area is 137 Å². The second-order valence-corrected chi connectivity index (χ2v) is 5.57. The van der Waals surface area contributed by atoms with Crippen molar-refractivity contribution in [1.29, 1.82) is 0 Å². The van der Waals surface area contributed by atoms with E-state index < -0.39 is 5.91 Å². The number of nitrogens with zero attached hydrogens (tertiary/aromatic N) is 3. The average molecular weight is 414 g/mol. The van der Waals surface area contributed by atoms with E-state index in [4.69, 9.17) is 4.74 Å². The summed E-state index contributed by atoms with van der Waals surface area (Å²) in [7, 11) is 1.56. The Kier molecular flexibility index (Phi) is 5.40. The number of benzene rings is 1. The molecule has 108 valence electrons. The molecule has 2 rings (SSSR count). The zero-order chi connectivity index (χ0) is 15.2. The third-order valence-corrected chi connectivity index (χ3v) is 3.45. The van der Waals surface area contributed by atoms with Crippen LogP contribution in [0.4, 0.5) is 0 Å². The molecule has 6 nitrogen and oxygen atoms in total. The fourth-order valence-electron chi connectivity index (χ4n) is 1.53. The maximum Gasteiger partial charge on any atom is 0.291 e. The Bertz CT molecular complexity index is 677. The summed E-state index contributed by atoms with van der Waals surface area (Å²) >= 11 is 6.77. The average Bonchev–Trinajstić information content (AvgIpc) is 2.47. The number of hydrazone groups is 1. The van der Waals surface area contributed by atoms with Gasteiger partial charge in [0.2, 0.25) is 0 Å². The summed E-state index contributed by atoms with van der Waals surface area (Å²) in [6, 6.07) is 3.68. The van der Waals surface area contributed by atoms with Gasteiger partial charge < -0.3 is 4.74 Å². The molecular formula is C13H10Br2N4O2. The van der Waals surface area contributed by atoms with E-state index >= 15 is 0 Å². The fraction of sp³-hybridized carbons (Fsp3) is 0.0769. The first-order chi connectivity index (χ1) is 10.1. The topological polar surface area (TPSA) is 76.5 Å². The van der Waals surface area contributed by atoms with Crippen LogP contribution in [0.25, 0.3) is 0 Å². The van der Waals surface area contributed by atoms with Gasteiger partial charge in [-0.3, -0.25) is 9.78 Å². The van der Waals surface area contributed by atoms with E-state index in [9.17, 15) is 4.79 Å². The van der Waals surface area contributed by atoms with E-state index in [1.807, 2.05) is 12.1 Å². The zero-order valence-corrected chi connectivity index (χ0v) is 14.1. The molecule has 0 atom stereocenters. The van der Waals surface area contributed by atoms with Crippen LogP contribution in [0.1, 0.15) is 16.1 Å². The van der Waals surface area contributed by atoms with Gasteiger partial charge in [-0.25, -0.2) is 10.4 Å². The molecule has 0 fully saturated rings. The molecule has 0 aliphatic rings. The normalized spacial score (nSPS) is 10.6. The molecule has 1 aromatic carbocycles. The lowest BCUT2D eigenvalue weighted by Crippen LogP contribution is -2.19. The summed E-state index contributed by atoms with van der Waals surface area (Å²) < 4.78 is 6.92. The molecule has 0 spiro atoms. The molecule has 0 aliphatic carbocycles. The summed E-state index contributed by atoms with van der Waals surface area (Å²) in [6.45, 7) is 0. The van der Waals surface area contributed by atoms with Gasteiger partial charge in [0.15, 0.2) is 0 Å². The lowest BCUT2D eigenvalue weighted by molar-refractivity contribution is 0.0949. The minimum atomic E-state index is -0.438. The first kappa shape index (κ1) is 15.6. The van der Waals surface area contributed by atoms with Crippen LogP contribution in [-0.2, 0) is 0 Å². The van der Waals surface area contributed by atoms with E-state index in [1.165, 1.54) is 24.8 Å². The molecule has 0 aliphatic heterocycles. The second kappa shape index (κ2) is 7.28. The number of halogens is 2. The summed E-state index contributed by atoms with van der Waals surface area (Å²) in [4.78, 5) is 19.4. The SMILES string of the molecule is COc1c(Br)cc(Br)cc1/C=N\NC(=O)c1cnccn1. The van der Waals surface area contributed by atoms with Crippen LogP contribution in [0.3, 0.4) is 0 Å². The molecule has 8 heteroatoms. The number of hydrogen-bond donors (Lipinski definition) is 1. The highest BCUT2D eigenvalue weighted by molar-refractivity contribution is 9.11. The Balaban J connectivity index is 2.13. The molecule has 1 amide bonds. The van der Waals surface area contributed by atoms with Crippen LogP contribution in [0.15, 0.2) is 44.8 Å². The molecule has 0 saturated heterocycles. The summed E-state index contributed by atoms with van der Waals surface area (Å²) in [5, 5.41) is 3.89. The Morgan fingerprint density at radius 3 is 2.86 bits per heavy atom. The smallest absolute Gasteiger partial charge is 0.291 e. The largest absolute Gasteiger partial charge is 0.495 e. The van der Waals surface area contributed by atoms with Crippen molar-refractivity contribution in [3.63, 3.8) is 0 Å². The van der Waals surface area contributed by atoms with Gasteiger partial charge in [0.05, 0.1) is 24.0 Å². The number of amides is 1. The maximum atomic E-state index is 11.7. The highest BCUT2D eigenvalue weighted by atomic mass is 79.9. The number of hydrogen-bond acceptors (Lipinski definition) is 5. The zero-order valence-electron chi connectivity index (χ0n) is 10.9. The lowest BCUT2D eigenvalue weighted by Gasteiger charge is -2.07. The molecule has 1 heterocycles. The van der Waals surface area contributed by atoms with Crippen LogP contribution in [0, 0.1) is 0 Å². The fourth-order valence-corrected chi connectivity index (χ4v) is 2.95. The number of methoxy groups -OCH3 is 1. The molecule has 1 N–H and O–H groups in total. The number of rotatable bonds is 4. The van der Waals surface area contributed by atoms with Crippen molar-refractivity contribution in [3.05, 3.63) is 50.9 Å². The number of ether oxygens (including phenoxy) is 1. The van der Waals surface area contributed by atoms with Crippen molar-refractivity contribution in [1.82, 2.24) is 15.4 Å². The summed E-state index contributed by atoms with van der Waals surface area (Å²) in [5.74, 6) is 0.183. The number of nitrogens with one attached hydrogen (secondary N) is 1. The van der Waals surface area contributed by atoms with E-state index in [2.05, 4.69) is 52.4 Å². The van der Waals surface area contributed by atoms with Crippen LogP contribution in [-0.4, -0.2) is 29.2 Å². The van der Waals surface area contributed by atoms with Gasteiger partial charge in [0, 0.05) is 22.4 Å². The van der Waals surface area contributed by atoms with Gasteiger partial charge in [0.1, 0.15) is 11.4 Å². The van der Waals surface area contributed by atoms with Crippen LogP contribution < -0.4 is 10.2 Å². The molecule has 0 bridgehead atoms. The Hall–Kier alpha value is -1.80. The van der Waals surface area contributed by atoms with Gasteiger partial charge in [0.25, 0.3) is 5.91 Å². The number of carbonyl (C=O) groups excluding carboxylic acids is 1. The predicted octanol–water partition coefficient (Wildman–Crippen LogP) is 2.77. The Morgan fingerprint density at radius 2 is 2.19 bits per heavy atom. The third-order valence-electron chi connectivity index (χ3n) is 2.41. The minimum absolute atomic E-state index is 0.192. The lowest BCUT2D eigenvalue weighted by atomic mass is 10.2. The third kappa shape index (κ3) is 4.08. The molecule has 0 radical (unpaired) electrons. The molecule has 1 aromatic heterocycles. The van der Waals surface area contributed by atoms with E-state index in [0.29, 0.717) is 11.3 Å². The van der Waals surface area contributed by atoms with E-state index in [1.54, 1.807) is 7.11 Å². The van der Waals surface area contributed by atoms with Crippen LogP contribution in [0.2, 0.25) is 0 Å². The van der Waals surface area contributed by atoms with Crippen molar-refractivity contribution in [2.45, 2.75) is 0 Å². The van der Waals surface area contributed by atoms with Crippen molar-refractivity contribution in [3.8, 4) is 5.75 Å². The van der Waals surface area contributed by atoms with Gasteiger partial charge in [-0.1, -0.05) is 15.9 Å². The minimum Gasteiger partial charge on any atom is -0.495 e. The maximum absolute atomic E-state index is 11.7. The van der Waals surface area contributed by atoms with Crippen molar-refractivity contribution < 1.29 is 9.53 Å². The monoisotopic (exact) mass is 412 g/mol. The molecule has 21 heavy (non-hydrogen) atoms. The first-order valence-corrected chi connectivity index (χ1v) is 7.33. The molecular weight excluding hydrogens is 404 g/mol. The Morgan fingerprint density at radius 1 is 1.38 bits per heavy atom. The first-order valence-electron chi connectivity index (χ1n) is 5.74. The summed E-state index contributed by atoms with van der Waals surface area (Å²) in [5.41, 5.74) is 3.28. The summed E-state index contributed by atoms with van der Waals surface area (Å²) in [6.07, 6.45) is 5.78. The van der Waals surface area contributed by atoms with Gasteiger partial charge >= 0.3 is 0 Å². The molecule has 0 unspecified atom stereocenters. The molecule has 0 saturated carbocycles. The molecule has 2 aromatic rings. The number of aromatic nitrogens is 2. The van der Waals surface area contributed by atoms with E-state index in [-0.39, 0.29) is 5.69 Å². The second-order valence-electron chi connectivity index (χ2n) is 3.80. The quantitative estimate of drug-likeness (QED) is 0.617. The standard InChI is InChI=1S/C13H10Br2N4O2/c1-21-12-8(4-9(14)5-10(12)15)6-18-19-13(20)11-7-16-2-3-17-11/h2-7H,1H3,(H,19,20)/b18-6-. The van der Waals surface area contributed by atoms with Crippen molar-refractivity contribution in [2.75, 3.05) is 7.11 Å². The van der Waals surface area contributed by atoms with Crippen LogP contribution in [0.5, 0.6) is 5.75 Å². The highest BCUT2D eigenvalue weighted by Crippen LogP contribution is 2.31. The van der Waals surface area contributed by atoms with Crippen molar-refractivity contribution in [2.24, 2.45) is 5.10 Å². The van der Waals surface area contributed by atoms with Gasteiger partial charge in [-0.2, -0.15) is 5.10 Å². The predicted molar refractivity (Wildman–Crippen MR) is 85.5 cm³/mol.